The van der Waals surface area contributed by atoms with Crippen molar-refractivity contribution in [1.29, 1.82) is 0 Å². The van der Waals surface area contributed by atoms with Crippen molar-refractivity contribution >= 4 is 17.5 Å². The average Bonchev–Trinajstić information content (AvgIpc) is 2.61. The van der Waals surface area contributed by atoms with Gasteiger partial charge in [-0.05, 0) is 53.6 Å². The van der Waals surface area contributed by atoms with E-state index >= 15 is 0 Å². The first-order chi connectivity index (χ1) is 12.2. The van der Waals surface area contributed by atoms with E-state index in [1.165, 1.54) is 7.05 Å². The van der Waals surface area contributed by atoms with Gasteiger partial charge in [0, 0.05) is 7.05 Å². The molecule has 0 saturated carbocycles. The predicted octanol–water partition coefficient (Wildman–Crippen LogP) is 4.33. The number of carbonyl (C=O) groups excluding carboxylic acids is 1. The van der Waals surface area contributed by atoms with Gasteiger partial charge in [-0.3, -0.25) is 4.79 Å². The molecule has 0 spiro atoms. The molecule has 0 aliphatic rings. The van der Waals surface area contributed by atoms with E-state index in [9.17, 15) is 14.3 Å². The lowest BCUT2D eigenvalue weighted by molar-refractivity contribution is -0.122. The second kappa shape index (κ2) is 8.41. The molecular formula is C20H23ClFNO3. The smallest absolute Gasteiger partial charge is 0.257 e. The van der Waals surface area contributed by atoms with Gasteiger partial charge in [-0.2, -0.15) is 0 Å². The summed E-state index contributed by atoms with van der Waals surface area (Å²) in [5.74, 6) is -0.667. The molecule has 0 unspecified atom stereocenters. The summed E-state index contributed by atoms with van der Waals surface area (Å²) in [6.45, 7) is 5.53. The maximum absolute atomic E-state index is 14.5. The number of aromatic hydroxyl groups is 1. The fourth-order valence-corrected chi connectivity index (χ4v) is 2.99. The lowest BCUT2D eigenvalue weighted by Gasteiger charge is -2.15. The molecule has 0 aliphatic heterocycles. The van der Waals surface area contributed by atoms with Crippen LogP contribution in [0.3, 0.4) is 0 Å². The molecule has 2 aromatic rings. The zero-order valence-corrected chi connectivity index (χ0v) is 16.1. The Labute approximate surface area is 157 Å². The van der Waals surface area contributed by atoms with Crippen molar-refractivity contribution in [3.05, 3.63) is 57.4 Å². The molecule has 0 radical (unpaired) electrons. The number of benzene rings is 2. The molecule has 0 bridgehead atoms. The minimum absolute atomic E-state index is 0.0175. The maximum atomic E-state index is 14.5. The molecule has 6 heteroatoms. The first-order valence-corrected chi connectivity index (χ1v) is 8.75. The Hall–Kier alpha value is -2.27. The van der Waals surface area contributed by atoms with Gasteiger partial charge in [0.15, 0.2) is 18.2 Å². The Balaban J connectivity index is 2.32. The topological polar surface area (TPSA) is 58.6 Å². The van der Waals surface area contributed by atoms with Gasteiger partial charge in [-0.15, -0.1) is 0 Å². The molecular weight excluding hydrogens is 357 g/mol. The molecule has 4 nitrogen and oxygen atoms in total. The summed E-state index contributed by atoms with van der Waals surface area (Å²) in [7, 11) is 1.48. The first kappa shape index (κ1) is 20.0. The van der Waals surface area contributed by atoms with Crippen LogP contribution in [0.1, 0.15) is 42.0 Å². The van der Waals surface area contributed by atoms with Gasteiger partial charge < -0.3 is 15.2 Å². The van der Waals surface area contributed by atoms with Crippen LogP contribution in [0.25, 0.3) is 0 Å². The number of hydrogen-bond donors (Lipinski definition) is 2. The number of amides is 1. The number of nitrogens with one attached hydrogen (secondary N) is 1. The summed E-state index contributed by atoms with van der Waals surface area (Å²) >= 11 is 6.23. The lowest BCUT2D eigenvalue weighted by atomic mass is 9.95. The average molecular weight is 380 g/mol. The van der Waals surface area contributed by atoms with Crippen molar-refractivity contribution in [3.63, 3.8) is 0 Å². The van der Waals surface area contributed by atoms with E-state index in [0.29, 0.717) is 12.0 Å². The van der Waals surface area contributed by atoms with E-state index in [0.717, 1.165) is 16.7 Å². The summed E-state index contributed by atoms with van der Waals surface area (Å²) in [6, 6.07) is 6.89. The Morgan fingerprint density at radius 2 is 2.04 bits per heavy atom. The summed E-state index contributed by atoms with van der Waals surface area (Å²) in [5, 5.41) is 12.3. The van der Waals surface area contributed by atoms with Gasteiger partial charge in [0.25, 0.3) is 5.91 Å². The second-order valence-corrected chi connectivity index (χ2v) is 6.86. The SMILES string of the molecule is CNC(=O)COc1cc(C)c(Cc2ccc(O)c(C(C)C)c2)c(Cl)c1F. The summed E-state index contributed by atoms with van der Waals surface area (Å²) in [5.41, 5.74) is 3.18. The number of aryl methyl sites for hydroxylation is 1. The summed E-state index contributed by atoms with van der Waals surface area (Å²) in [4.78, 5) is 11.3. The number of rotatable bonds is 6. The monoisotopic (exact) mass is 379 g/mol. The zero-order chi connectivity index (χ0) is 19.4. The minimum Gasteiger partial charge on any atom is -0.508 e. The van der Waals surface area contributed by atoms with Crippen LogP contribution in [0.5, 0.6) is 11.5 Å². The van der Waals surface area contributed by atoms with Gasteiger partial charge in [0.05, 0.1) is 5.02 Å². The minimum atomic E-state index is -0.681. The molecule has 0 saturated heterocycles. The van der Waals surface area contributed by atoms with E-state index in [1.807, 2.05) is 26.8 Å². The normalized spacial score (nSPS) is 10.9. The maximum Gasteiger partial charge on any atom is 0.257 e. The number of carbonyl (C=O) groups is 1. The van der Waals surface area contributed by atoms with Crippen LogP contribution in [0.2, 0.25) is 5.02 Å². The summed E-state index contributed by atoms with van der Waals surface area (Å²) < 4.78 is 19.8. The van der Waals surface area contributed by atoms with E-state index < -0.39 is 5.82 Å². The highest BCUT2D eigenvalue weighted by Crippen LogP contribution is 2.34. The quantitative estimate of drug-likeness (QED) is 0.785. The van der Waals surface area contributed by atoms with E-state index in [1.54, 1.807) is 18.2 Å². The van der Waals surface area contributed by atoms with Gasteiger partial charge >= 0.3 is 0 Å². The number of ether oxygens (including phenoxy) is 1. The molecule has 2 N–H and O–H groups in total. The van der Waals surface area contributed by atoms with Crippen LogP contribution in [-0.4, -0.2) is 24.7 Å². The number of hydrogen-bond acceptors (Lipinski definition) is 3. The highest BCUT2D eigenvalue weighted by atomic mass is 35.5. The van der Waals surface area contributed by atoms with Crippen LogP contribution < -0.4 is 10.1 Å². The third-order valence-electron chi connectivity index (χ3n) is 4.23. The highest BCUT2D eigenvalue weighted by molar-refractivity contribution is 6.31. The van der Waals surface area contributed by atoms with Crippen molar-refractivity contribution in [1.82, 2.24) is 5.32 Å². The van der Waals surface area contributed by atoms with Crippen LogP contribution in [-0.2, 0) is 11.2 Å². The molecule has 140 valence electrons. The van der Waals surface area contributed by atoms with Gasteiger partial charge in [-0.25, -0.2) is 4.39 Å². The van der Waals surface area contributed by atoms with Crippen molar-refractivity contribution in [3.8, 4) is 11.5 Å². The fourth-order valence-electron chi connectivity index (χ4n) is 2.68. The van der Waals surface area contributed by atoms with Gasteiger partial charge in [0.1, 0.15) is 5.75 Å². The molecule has 0 atom stereocenters. The molecule has 1 amide bonds. The van der Waals surface area contributed by atoms with Crippen LogP contribution in [0.15, 0.2) is 24.3 Å². The van der Waals surface area contributed by atoms with E-state index in [2.05, 4.69) is 5.32 Å². The first-order valence-electron chi connectivity index (χ1n) is 8.37. The number of phenolic OH excluding ortho intramolecular Hbond substituents is 1. The third-order valence-corrected chi connectivity index (χ3v) is 4.62. The Bertz CT molecular complexity index is 821. The third kappa shape index (κ3) is 4.47. The van der Waals surface area contributed by atoms with Crippen LogP contribution >= 0.6 is 11.6 Å². The predicted molar refractivity (Wildman–Crippen MR) is 101 cm³/mol. The van der Waals surface area contributed by atoms with Crippen LogP contribution in [0.4, 0.5) is 4.39 Å². The highest BCUT2D eigenvalue weighted by Gasteiger charge is 2.18. The van der Waals surface area contributed by atoms with Crippen molar-refractivity contribution in [2.45, 2.75) is 33.1 Å². The number of halogens is 2. The molecule has 26 heavy (non-hydrogen) atoms. The van der Waals surface area contributed by atoms with E-state index in [4.69, 9.17) is 16.3 Å². The molecule has 0 fully saturated rings. The fraction of sp³-hybridized carbons (Fsp3) is 0.350. The van der Waals surface area contributed by atoms with Crippen molar-refractivity contribution < 1.29 is 19.0 Å². The second-order valence-electron chi connectivity index (χ2n) is 6.48. The molecule has 0 aliphatic carbocycles. The summed E-state index contributed by atoms with van der Waals surface area (Å²) in [6.07, 6.45) is 0.428. The van der Waals surface area contributed by atoms with Gasteiger partial charge in [-0.1, -0.05) is 37.6 Å². The van der Waals surface area contributed by atoms with E-state index in [-0.39, 0.29) is 35.0 Å². The lowest BCUT2D eigenvalue weighted by Crippen LogP contribution is -2.25. The molecule has 0 aromatic heterocycles. The van der Waals surface area contributed by atoms with Crippen molar-refractivity contribution in [2.24, 2.45) is 0 Å². The number of likely N-dealkylation sites (N-methyl/N-ethyl adjacent to an activating group) is 1. The Morgan fingerprint density at radius 3 is 2.65 bits per heavy atom. The largest absolute Gasteiger partial charge is 0.508 e. The van der Waals surface area contributed by atoms with Gasteiger partial charge in [0.2, 0.25) is 0 Å². The van der Waals surface area contributed by atoms with Crippen LogP contribution in [0, 0.1) is 12.7 Å². The molecule has 0 heterocycles. The Morgan fingerprint density at radius 1 is 1.35 bits per heavy atom. The molecule has 2 aromatic carbocycles. The van der Waals surface area contributed by atoms with Crippen molar-refractivity contribution in [2.75, 3.05) is 13.7 Å². The standard InChI is InChI=1S/C20H23ClFNO3/c1-11(2)14-8-13(5-6-16(14)24)9-15-12(3)7-17(20(22)19(15)21)26-10-18(25)23-4/h5-8,11,24H,9-10H2,1-4H3,(H,23,25). The Kier molecular flexibility index (Phi) is 6.48. The number of phenols is 1. The zero-order valence-electron chi connectivity index (χ0n) is 15.3. The molecule has 2 rings (SSSR count).